The zero-order valence-corrected chi connectivity index (χ0v) is 17.0. The quantitative estimate of drug-likeness (QED) is 0.622. The maximum atomic E-state index is 12.8. The molecule has 0 unspecified atom stereocenters. The number of aryl methyl sites for hydroxylation is 1. The summed E-state index contributed by atoms with van der Waals surface area (Å²) in [6, 6.07) is 20.0. The van der Waals surface area contributed by atoms with Gasteiger partial charge in [-0.25, -0.2) is 0 Å². The molecule has 4 nitrogen and oxygen atoms in total. The number of nitrogens with zero attached hydrogens (tertiary/aromatic N) is 1. The smallest absolute Gasteiger partial charge is 0.368 e. The van der Waals surface area contributed by atoms with Crippen molar-refractivity contribution >= 4 is 23.2 Å². The van der Waals surface area contributed by atoms with Gasteiger partial charge in [-0.1, -0.05) is 48.5 Å². The molecule has 0 aliphatic carbocycles. The van der Waals surface area contributed by atoms with E-state index in [0.29, 0.717) is 4.88 Å². The van der Waals surface area contributed by atoms with Crippen LogP contribution in [0.4, 0.5) is 13.2 Å². The van der Waals surface area contributed by atoms with Crippen molar-refractivity contribution in [1.29, 1.82) is 0 Å². The Labute approximate surface area is 176 Å². The first-order chi connectivity index (χ1) is 14.2. The lowest BCUT2D eigenvalue weighted by Crippen LogP contribution is -2.37. The summed E-state index contributed by atoms with van der Waals surface area (Å²) in [6.07, 6.45) is -4.47. The fourth-order valence-electron chi connectivity index (χ4n) is 2.54. The maximum Gasteiger partial charge on any atom is 0.416 e. The number of nitrogens with two attached hydrogens (primary N) is 1. The van der Waals surface area contributed by atoms with Gasteiger partial charge >= 0.3 is 6.18 Å². The Balaban J connectivity index is 0.000000456. The minimum absolute atomic E-state index is 0.136. The highest BCUT2D eigenvalue weighted by Crippen LogP contribution is 2.30. The van der Waals surface area contributed by atoms with Crippen molar-refractivity contribution in [3.05, 3.63) is 93.7 Å². The van der Waals surface area contributed by atoms with E-state index < -0.39 is 23.6 Å². The van der Waals surface area contributed by atoms with E-state index in [1.165, 1.54) is 23.5 Å². The summed E-state index contributed by atoms with van der Waals surface area (Å²) in [4.78, 5) is 26.2. The highest BCUT2D eigenvalue weighted by Gasteiger charge is 2.30. The molecule has 1 aromatic heterocycles. The Hall–Kier alpha value is -3.13. The normalized spacial score (nSPS) is 10.7. The largest absolute Gasteiger partial charge is 0.416 e. The van der Waals surface area contributed by atoms with Crippen molar-refractivity contribution in [3.63, 3.8) is 0 Å². The van der Waals surface area contributed by atoms with Crippen LogP contribution in [0, 0.1) is 6.92 Å². The third-order valence-electron chi connectivity index (χ3n) is 3.88. The summed E-state index contributed by atoms with van der Waals surface area (Å²) >= 11 is 1.25. The predicted molar refractivity (Wildman–Crippen MR) is 111 cm³/mol. The first-order valence-electron chi connectivity index (χ1n) is 8.97. The van der Waals surface area contributed by atoms with E-state index in [2.05, 4.69) is 0 Å². The van der Waals surface area contributed by atoms with Crippen LogP contribution in [-0.4, -0.2) is 23.3 Å². The Bertz CT molecular complexity index is 945. The second-order valence-corrected chi connectivity index (χ2v) is 7.68. The molecule has 0 saturated carbocycles. The SMILES string of the molecule is Cc1ccc(C(=O)N(CC(N)=O)Cc2cccc(C(F)(F)F)c2)s1.c1ccccc1. The molecule has 0 spiro atoms. The zero-order chi connectivity index (χ0) is 22.1. The molecule has 0 fully saturated rings. The Morgan fingerprint density at radius 3 is 2.03 bits per heavy atom. The number of alkyl halides is 3. The van der Waals surface area contributed by atoms with Gasteiger partial charge in [0, 0.05) is 11.4 Å². The van der Waals surface area contributed by atoms with E-state index in [-0.39, 0.29) is 18.7 Å². The summed E-state index contributed by atoms with van der Waals surface area (Å²) < 4.78 is 38.4. The van der Waals surface area contributed by atoms with Crippen LogP contribution < -0.4 is 5.73 Å². The van der Waals surface area contributed by atoms with Crippen molar-refractivity contribution in [3.8, 4) is 0 Å². The lowest BCUT2D eigenvalue weighted by Gasteiger charge is -2.21. The van der Waals surface area contributed by atoms with Crippen LogP contribution in [0.25, 0.3) is 0 Å². The van der Waals surface area contributed by atoms with Gasteiger partial charge in [-0.15, -0.1) is 11.3 Å². The van der Waals surface area contributed by atoms with Crippen LogP contribution in [0.5, 0.6) is 0 Å². The number of rotatable bonds is 5. The summed E-state index contributed by atoms with van der Waals surface area (Å²) in [5.74, 6) is -1.17. The fourth-order valence-corrected chi connectivity index (χ4v) is 3.38. The standard InChI is InChI=1S/C16H15F3N2O2S.C6H6/c1-10-5-6-13(24-10)15(23)21(9-14(20)22)8-11-3-2-4-12(7-11)16(17,18)19;1-2-4-6-5-3-1/h2-7H,8-9H2,1H3,(H2,20,22);1-6H. The molecule has 0 bridgehead atoms. The monoisotopic (exact) mass is 434 g/mol. The molecule has 0 atom stereocenters. The topological polar surface area (TPSA) is 63.4 Å². The van der Waals surface area contributed by atoms with Crippen LogP contribution in [0.2, 0.25) is 0 Å². The van der Waals surface area contributed by atoms with Crippen molar-refractivity contribution in [2.75, 3.05) is 6.54 Å². The summed E-state index contributed by atoms with van der Waals surface area (Å²) in [5.41, 5.74) is 4.62. The van der Waals surface area contributed by atoms with Crippen molar-refractivity contribution in [2.45, 2.75) is 19.6 Å². The number of thiophene rings is 1. The van der Waals surface area contributed by atoms with E-state index in [1.807, 2.05) is 43.3 Å². The molecule has 2 N–H and O–H groups in total. The third-order valence-corrected chi connectivity index (χ3v) is 4.87. The molecule has 158 valence electrons. The molecule has 3 rings (SSSR count). The highest BCUT2D eigenvalue weighted by atomic mass is 32.1. The Morgan fingerprint density at radius 2 is 1.57 bits per heavy atom. The molecule has 0 aliphatic rings. The third kappa shape index (κ3) is 7.36. The minimum Gasteiger partial charge on any atom is -0.368 e. The minimum atomic E-state index is -4.47. The van der Waals surface area contributed by atoms with E-state index in [1.54, 1.807) is 12.1 Å². The van der Waals surface area contributed by atoms with Crippen LogP contribution in [0.3, 0.4) is 0 Å². The van der Waals surface area contributed by atoms with Crippen LogP contribution in [-0.2, 0) is 17.5 Å². The van der Waals surface area contributed by atoms with Gasteiger partial charge in [0.2, 0.25) is 5.91 Å². The molecule has 0 aliphatic heterocycles. The van der Waals surface area contributed by atoms with Gasteiger partial charge in [0.05, 0.1) is 10.4 Å². The molecular formula is C22H21F3N2O2S. The molecule has 8 heteroatoms. The van der Waals surface area contributed by atoms with Gasteiger partial charge in [0.25, 0.3) is 5.91 Å². The van der Waals surface area contributed by atoms with E-state index >= 15 is 0 Å². The number of hydrogen-bond donors (Lipinski definition) is 1. The van der Waals surface area contributed by atoms with Gasteiger partial charge in [0.1, 0.15) is 6.54 Å². The van der Waals surface area contributed by atoms with E-state index in [9.17, 15) is 22.8 Å². The lowest BCUT2D eigenvalue weighted by molar-refractivity contribution is -0.137. The van der Waals surface area contributed by atoms with Crippen molar-refractivity contribution in [2.24, 2.45) is 5.73 Å². The average molecular weight is 434 g/mol. The number of primary amides is 1. The predicted octanol–water partition coefficient (Wildman–Crippen LogP) is 4.89. The molecule has 0 saturated heterocycles. The Kier molecular flexibility index (Phi) is 8.17. The van der Waals surface area contributed by atoms with Gasteiger partial charge in [-0.3, -0.25) is 9.59 Å². The number of halogens is 3. The van der Waals surface area contributed by atoms with Crippen molar-refractivity contribution in [1.82, 2.24) is 4.90 Å². The molecule has 3 aromatic rings. The second-order valence-electron chi connectivity index (χ2n) is 6.39. The number of benzene rings is 2. The van der Waals surface area contributed by atoms with Crippen molar-refractivity contribution < 1.29 is 22.8 Å². The van der Waals surface area contributed by atoms with Gasteiger partial charge in [0.15, 0.2) is 0 Å². The first kappa shape index (κ1) is 23.2. The molecular weight excluding hydrogens is 413 g/mol. The molecule has 2 amide bonds. The van der Waals surface area contributed by atoms with Gasteiger partial charge in [-0.2, -0.15) is 13.2 Å². The zero-order valence-electron chi connectivity index (χ0n) is 16.2. The maximum absolute atomic E-state index is 12.8. The fraction of sp³-hybridized carbons (Fsp3) is 0.182. The number of carbonyl (C=O) groups excluding carboxylic acids is 2. The molecule has 30 heavy (non-hydrogen) atoms. The van der Waals surface area contributed by atoms with Crippen LogP contribution in [0.15, 0.2) is 72.8 Å². The number of carbonyl (C=O) groups is 2. The molecule has 1 heterocycles. The second kappa shape index (κ2) is 10.6. The number of amides is 2. The summed E-state index contributed by atoms with van der Waals surface area (Å²) in [5, 5.41) is 0. The Morgan fingerprint density at radius 1 is 0.967 bits per heavy atom. The summed E-state index contributed by atoms with van der Waals surface area (Å²) in [6.45, 7) is 1.32. The summed E-state index contributed by atoms with van der Waals surface area (Å²) in [7, 11) is 0. The van der Waals surface area contributed by atoms with Gasteiger partial charge < -0.3 is 10.6 Å². The first-order valence-corrected chi connectivity index (χ1v) is 9.78. The van der Waals surface area contributed by atoms with Crippen LogP contribution in [0.1, 0.15) is 25.7 Å². The van der Waals surface area contributed by atoms with Crippen LogP contribution >= 0.6 is 11.3 Å². The average Bonchev–Trinajstić information content (AvgIpc) is 3.14. The van der Waals surface area contributed by atoms with E-state index in [4.69, 9.17) is 5.73 Å². The van der Waals surface area contributed by atoms with E-state index in [0.717, 1.165) is 21.9 Å². The number of hydrogen-bond acceptors (Lipinski definition) is 3. The molecule has 0 radical (unpaired) electrons. The highest BCUT2D eigenvalue weighted by molar-refractivity contribution is 7.13. The van der Waals surface area contributed by atoms with Gasteiger partial charge in [-0.05, 0) is 36.8 Å². The lowest BCUT2D eigenvalue weighted by atomic mass is 10.1. The molecule has 2 aromatic carbocycles.